The molecule has 0 bridgehead atoms. The van der Waals surface area contributed by atoms with E-state index in [-0.39, 0.29) is 12.1 Å². The molecule has 0 radical (unpaired) electrons. The molecule has 0 amide bonds. The van der Waals surface area contributed by atoms with Crippen molar-refractivity contribution in [2.24, 2.45) is 12.0 Å². The lowest BCUT2D eigenvalue weighted by Crippen LogP contribution is -2.44. The maximum absolute atomic E-state index is 6.00. The second-order valence-electron chi connectivity index (χ2n) is 7.24. The number of guanidine groups is 1. The first-order valence-electron chi connectivity index (χ1n) is 9.90. The molecular weight excluding hydrogens is 354 g/mol. The summed E-state index contributed by atoms with van der Waals surface area (Å²) in [5, 5.41) is 11.3. The Morgan fingerprint density at radius 3 is 2.75 bits per heavy atom. The molecule has 0 spiro atoms. The molecule has 2 N–H and O–H groups in total. The van der Waals surface area contributed by atoms with Crippen LogP contribution in [0.25, 0.3) is 0 Å². The zero-order valence-electron chi connectivity index (χ0n) is 17.5. The van der Waals surface area contributed by atoms with E-state index in [1.165, 1.54) is 11.3 Å². The Morgan fingerprint density at radius 1 is 1.32 bits per heavy atom. The van der Waals surface area contributed by atoms with Gasteiger partial charge in [0.1, 0.15) is 6.61 Å². The van der Waals surface area contributed by atoms with Gasteiger partial charge < -0.3 is 20.1 Å². The number of rotatable bonds is 6. The minimum absolute atomic E-state index is 0.0940. The van der Waals surface area contributed by atoms with Crippen molar-refractivity contribution >= 4 is 5.96 Å². The molecular formula is C21H31N5O2. The van der Waals surface area contributed by atoms with Crippen molar-refractivity contribution in [3.05, 3.63) is 41.2 Å². The van der Waals surface area contributed by atoms with Gasteiger partial charge >= 0.3 is 0 Å². The first-order valence-corrected chi connectivity index (χ1v) is 9.90. The Labute approximate surface area is 167 Å². The smallest absolute Gasteiger partial charge is 0.191 e. The van der Waals surface area contributed by atoms with E-state index in [1.54, 1.807) is 0 Å². The number of aliphatic imine (C=N–C) groups is 1. The quantitative estimate of drug-likeness (QED) is 0.590. The van der Waals surface area contributed by atoms with Crippen LogP contribution in [-0.4, -0.2) is 47.6 Å². The number of fused-ring (bicyclic) bond motifs is 1. The topological polar surface area (TPSA) is 72.7 Å². The van der Waals surface area contributed by atoms with Gasteiger partial charge in [0.15, 0.2) is 23.6 Å². The van der Waals surface area contributed by atoms with E-state index < -0.39 is 0 Å². The van der Waals surface area contributed by atoms with Gasteiger partial charge in [-0.05, 0) is 51.8 Å². The van der Waals surface area contributed by atoms with Crippen LogP contribution >= 0.6 is 0 Å². The Balaban J connectivity index is 1.59. The van der Waals surface area contributed by atoms with Crippen LogP contribution in [-0.2, 0) is 13.5 Å². The molecule has 0 aliphatic carbocycles. The van der Waals surface area contributed by atoms with Crippen molar-refractivity contribution in [3.8, 4) is 11.5 Å². The number of aromatic nitrogens is 2. The van der Waals surface area contributed by atoms with Crippen molar-refractivity contribution < 1.29 is 9.47 Å². The molecule has 2 aromatic rings. The summed E-state index contributed by atoms with van der Waals surface area (Å²) in [6, 6.07) is 7.97. The highest BCUT2D eigenvalue weighted by Crippen LogP contribution is 2.30. The van der Waals surface area contributed by atoms with Gasteiger partial charge in [-0.1, -0.05) is 12.1 Å². The largest absolute Gasteiger partial charge is 0.486 e. The third kappa shape index (κ3) is 4.77. The number of aryl methyl sites for hydroxylation is 2. The minimum Gasteiger partial charge on any atom is -0.486 e. The summed E-state index contributed by atoms with van der Waals surface area (Å²) in [5.41, 5.74) is 3.58. The van der Waals surface area contributed by atoms with Crippen LogP contribution < -0.4 is 20.1 Å². The molecule has 3 rings (SSSR count). The summed E-state index contributed by atoms with van der Waals surface area (Å²) in [6.07, 6.45) is 0.801. The number of para-hydroxylation sites is 2. The summed E-state index contributed by atoms with van der Waals surface area (Å²) >= 11 is 0. The van der Waals surface area contributed by atoms with E-state index in [0.717, 1.165) is 36.1 Å². The standard InChI is InChI=1S/C21H31N5O2/c1-6-22-21(24-14(2)11-18-15(3)25-26(5)16(18)4)23-12-17-13-27-19-9-7-8-10-20(19)28-17/h7-10,14,17H,6,11-13H2,1-5H3,(H2,22,23,24). The molecule has 0 fully saturated rings. The van der Waals surface area contributed by atoms with Gasteiger partial charge in [-0.25, -0.2) is 4.99 Å². The first-order chi connectivity index (χ1) is 13.5. The van der Waals surface area contributed by atoms with E-state index >= 15 is 0 Å². The Bertz CT molecular complexity index is 830. The normalized spacial score (nSPS) is 17.3. The molecule has 2 unspecified atom stereocenters. The maximum Gasteiger partial charge on any atom is 0.191 e. The third-order valence-corrected chi connectivity index (χ3v) is 4.92. The summed E-state index contributed by atoms with van der Waals surface area (Å²) < 4.78 is 13.7. The molecule has 2 heterocycles. The fourth-order valence-corrected chi connectivity index (χ4v) is 3.37. The van der Waals surface area contributed by atoms with E-state index in [9.17, 15) is 0 Å². The van der Waals surface area contributed by atoms with Crippen molar-refractivity contribution in [2.75, 3.05) is 19.7 Å². The molecule has 1 aromatic carbocycles. The van der Waals surface area contributed by atoms with Gasteiger partial charge in [-0.3, -0.25) is 4.68 Å². The van der Waals surface area contributed by atoms with Gasteiger partial charge in [0.25, 0.3) is 0 Å². The summed E-state index contributed by atoms with van der Waals surface area (Å²) in [7, 11) is 1.99. The Morgan fingerprint density at radius 2 is 2.07 bits per heavy atom. The zero-order chi connectivity index (χ0) is 20.1. The van der Waals surface area contributed by atoms with Gasteiger partial charge in [0.05, 0.1) is 12.2 Å². The molecule has 7 nitrogen and oxygen atoms in total. The molecule has 1 aromatic heterocycles. The highest BCUT2D eigenvalue weighted by atomic mass is 16.6. The van der Waals surface area contributed by atoms with Crippen LogP contribution in [0.5, 0.6) is 11.5 Å². The fraction of sp³-hybridized carbons (Fsp3) is 0.524. The second kappa shape index (κ2) is 8.99. The van der Waals surface area contributed by atoms with Crippen molar-refractivity contribution in [1.29, 1.82) is 0 Å². The van der Waals surface area contributed by atoms with Gasteiger partial charge in [-0.15, -0.1) is 0 Å². The fourth-order valence-electron chi connectivity index (χ4n) is 3.37. The van der Waals surface area contributed by atoms with Gasteiger partial charge in [0.2, 0.25) is 0 Å². The van der Waals surface area contributed by atoms with Crippen LogP contribution in [0.3, 0.4) is 0 Å². The number of nitrogens with zero attached hydrogens (tertiary/aromatic N) is 3. The van der Waals surface area contributed by atoms with Crippen LogP contribution in [0, 0.1) is 13.8 Å². The molecule has 152 valence electrons. The van der Waals surface area contributed by atoms with E-state index in [4.69, 9.17) is 14.5 Å². The first kappa shape index (κ1) is 20.0. The molecule has 1 aliphatic rings. The Hall–Kier alpha value is -2.70. The molecule has 0 saturated carbocycles. The van der Waals surface area contributed by atoms with Crippen molar-refractivity contribution in [3.63, 3.8) is 0 Å². The van der Waals surface area contributed by atoms with Gasteiger partial charge in [0, 0.05) is 25.3 Å². The average Bonchev–Trinajstić information content (AvgIpc) is 2.92. The predicted molar refractivity (Wildman–Crippen MR) is 111 cm³/mol. The average molecular weight is 386 g/mol. The highest BCUT2D eigenvalue weighted by Gasteiger charge is 2.20. The van der Waals surface area contributed by atoms with E-state index in [1.807, 2.05) is 36.0 Å². The van der Waals surface area contributed by atoms with Gasteiger partial charge in [-0.2, -0.15) is 5.10 Å². The van der Waals surface area contributed by atoms with Crippen LogP contribution in [0.1, 0.15) is 30.8 Å². The number of benzene rings is 1. The lowest BCUT2D eigenvalue weighted by Gasteiger charge is -2.26. The predicted octanol–water partition coefficient (Wildman–Crippen LogP) is 2.36. The molecule has 0 saturated heterocycles. The summed E-state index contributed by atoms with van der Waals surface area (Å²) in [4.78, 5) is 4.71. The molecule has 1 aliphatic heterocycles. The number of hydrogen-bond donors (Lipinski definition) is 2. The van der Waals surface area contributed by atoms with Crippen LogP contribution in [0.15, 0.2) is 29.3 Å². The minimum atomic E-state index is -0.0940. The maximum atomic E-state index is 6.00. The third-order valence-electron chi connectivity index (χ3n) is 4.92. The number of ether oxygens (including phenoxy) is 2. The van der Waals surface area contributed by atoms with Crippen LogP contribution in [0.4, 0.5) is 0 Å². The second-order valence-corrected chi connectivity index (χ2v) is 7.24. The lowest BCUT2D eigenvalue weighted by atomic mass is 10.1. The Kier molecular flexibility index (Phi) is 6.44. The molecule has 2 atom stereocenters. The SMILES string of the molecule is CCNC(=NCC1COc2ccccc2O1)NC(C)Cc1c(C)nn(C)c1C. The summed E-state index contributed by atoms with van der Waals surface area (Å²) in [5.74, 6) is 2.36. The molecule has 28 heavy (non-hydrogen) atoms. The molecule has 7 heteroatoms. The highest BCUT2D eigenvalue weighted by molar-refractivity contribution is 5.80. The number of nitrogens with one attached hydrogen (secondary N) is 2. The zero-order valence-corrected chi connectivity index (χ0v) is 17.5. The van der Waals surface area contributed by atoms with E-state index in [0.29, 0.717) is 13.2 Å². The lowest BCUT2D eigenvalue weighted by molar-refractivity contribution is 0.0971. The van der Waals surface area contributed by atoms with Crippen molar-refractivity contribution in [2.45, 2.75) is 46.3 Å². The van der Waals surface area contributed by atoms with Crippen molar-refractivity contribution in [1.82, 2.24) is 20.4 Å². The monoisotopic (exact) mass is 385 g/mol. The number of hydrogen-bond acceptors (Lipinski definition) is 4. The van der Waals surface area contributed by atoms with E-state index in [2.05, 4.69) is 43.4 Å². The summed E-state index contributed by atoms with van der Waals surface area (Å²) in [6.45, 7) is 10.2. The van der Waals surface area contributed by atoms with Crippen LogP contribution in [0.2, 0.25) is 0 Å².